The molecule has 3 heteroatoms. The summed E-state index contributed by atoms with van der Waals surface area (Å²) in [4.78, 5) is 0. The van der Waals surface area contributed by atoms with Gasteiger partial charge in [0.2, 0.25) is 0 Å². The van der Waals surface area contributed by atoms with Crippen LogP contribution in [-0.4, -0.2) is 5.11 Å². The molecular formula is C16H16F2O. The Bertz CT molecular complexity index is 574. The van der Waals surface area contributed by atoms with E-state index >= 15 is 0 Å². The maximum atomic E-state index is 13.1. The lowest BCUT2D eigenvalue weighted by atomic mass is 9.86. The fraction of sp³-hybridized carbons (Fsp3) is 0.250. The molecule has 1 N–H and O–H groups in total. The van der Waals surface area contributed by atoms with E-state index in [0.29, 0.717) is 17.5 Å². The van der Waals surface area contributed by atoms with Crippen molar-refractivity contribution in [1.82, 2.24) is 0 Å². The van der Waals surface area contributed by atoms with Crippen LogP contribution in [0.5, 0.6) is 0 Å². The summed E-state index contributed by atoms with van der Waals surface area (Å²) in [7, 11) is 0. The number of hydrogen-bond donors (Lipinski definition) is 1. The van der Waals surface area contributed by atoms with Gasteiger partial charge in [0.05, 0.1) is 5.60 Å². The summed E-state index contributed by atoms with van der Waals surface area (Å²) < 4.78 is 25.9. The van der Waals surface area contributed by atoms with Crippen molar-refractivity contribution < 1.29 is 13.9 Å². The highest BCUT2D eigenvalue weighted by molar-refractivity contribution is 5.33. The lowest BCUT2D eigenvalue weighted by Gasteiger charge is -2.26. The lowest BCUT2D eigenvalue weighted by molar-refractivity contribution is 0.0569. The Labute approximate surface area is 111 Å². The van der Waals surface area contributed by atoms with Gasteiger partial charge in [0.1, 0.15) is 11.6 Å². The summed E-state index contributed by atoms with van der Waals surface area (Å²) in [5.74, 6) is -0.625. The van der Waals surface area contributed by atoms with Gasteiger partial charge in [-0.2, -0.15) is 0 Å². The largest absolute Gasteiger partial charge is 0.385 e. The van der Waals surface area contributed by atoms with E-state index in [9.17, 15) is 13.9 Å². The highest BCUT2D eigenvalue weighted by atomic mass is 19.1. The van der Waals surface area contributed by atoms with E-state index in [0.717, 1.165) is 5.56 Å². The molecule has 0 aliphatic rings. The summed E-state index contributed by atoms with van der Waals surface area (Å²) in [6.07, 6.45) is 0.347. The van der Waals surface area contributed by atoms with E-state index < -0.39 is 5.60 Å². The van der Waals surface area contributed by atoms with Crippen LogP contribution in [0.3, 0.4) is 0 Å². The molecule has 0 fully saturated rings. The molecule has 0 aromatic heterocycles. The molecule has 2 aromatic carbocycles. The molecule has 0 bridgehead atoms. The molecular weight excluding hydrogens is 246 g/mol. The van der Waals surface area contributed by atoms with E-state index in [1.807, 2.05) is 0 Å². The Kier molecular flexibility index (Phi) is 3.67. The topological polar surface area (TPSA) is 20.2 Å². The molecule has 100 valence electrons. The Hall–Kier alpha value is -1.74. The highest BCUT2D eigenvalue weighted by Gasteiger charge is 2.25. The predicted octanol–water partition coefficient (Wildman–Crippen LogP) is 3.72. The first-order valence-corrected chi connectivity index (χ1v) is 6.12. The molecule has 2 aromatic rings. The third-order valence-corrected chi connectivity index (χ3v) is 3.23. The van der Waals surface area contributed by atoms with E-state index in [1.54, 1.807) is 32.0 Å². The maximum absolute atomic E-state index is 13.1. The van der Waals surface area contributed by atoms with Crippen molar-refractivity contribution in [3.8, 4) is 0 Å². The van der Waals surface area contributed by atoms with Gasteiger partial charge in [-0.05, 0) is 54.8 Å². The summed E-state index contributed by atoms with van der Waals surface area (Å²) in [5, 5.41) is 10.6. The van der Waals surface area contributed by atoms with Crippen molar-refractivity contribution in [3.63, 3.8) is 0 Å². The molecule has 1 nitrogen and oxygen atoms in total. The van der Waals surface area contributed by atoms with E-state index in [2.05, 4.69) is 0 Å². The monoisotopic (exact) mass is 262 g/mol. The van der Waals surface area contributed by atoms with Crippen molar-refractivity contribution >= 4 is 0 Å². The second-order valence-corrected chi connectivity index (χ2v) is 5.04. The van der Waals surface area contributed by atoms with E-state index in [1.165, 1.54) is 24.3 Å². The average molecular weight is 262 g/mol. The highest BCUT2D eigenvalue weighted by Crippen LogP contribution is 2.28. The summed E-state index contributed by atoms with van der Waals surface area (Å²) in [6, 6.07) is 10.3. The van der Waals surface area contributed by atoms with Gasteiger partial charge in [-0.25, -0.2) is 8.78 Å². The third-order valence-electron chi connectivity index (χ3n) is 3.23. The zero-order chi connectivity index (χ0) is 14.0. The fourth-order valence-electron chi connectivity index (χ4n) is 2.33. The van der Waals surface area contributed by atoms with Crippen LogP contribution in [0, 0.1) is 18.6 Å². The van der Waals surface area contributed by atoms with Gasteiger partial charge in [0.25, 0.3) is 0 Å². The Morgan fingerprint density at radius 2 is 1.58 bits per heavy atom. The summed E-state index contributed by atoms with van der Waals surface area (Å²) in [6.45, 7) is 3.44. The Morgan fingerprint density at radius 3 is 2.16 bits per heavy atom. The minimum Gasteiger partial charge on any atom is -0.385 e. The minimum atomic E-state index is -1.12. The number of rotatable bonds is 3. The van der Waals surface area contributed by atoms with Crippen LogP contribution in [0.4, 0.5) is 8.78 Å². The smallest absolute Gasteiger partial charge is 0.123 e. The van der Waals surface area contributed by atoms with Gasteiger partial charge in [-0.15, -0.1) is 0 Å². The first-order chi connectivity index (χ1) is 8.88. The molecule has 0 radical (unpaired) electrons. The van der Waals surface area contributed by atoms with Crippen molar-refractivity contribution in [2.24, 2.45) is 0 Å². The SMILES string of the molecule is Cc1cc(F)ccc1C(C)(O)Cc1ccc(F)cc1. The Balaban J connectivity index is 2.29. The van der Waals surface area contributed by atoms with E-state index in [4.69, 9.17) is 0 Å². The first-order valence-electron chi connectivity index (χ1n) is 6.12. The molecule has 2 rings (SSSR count). The number of halogens is 2. The molecule has 0 saturated carbocycles. The molecule has 19 heavy (non-hydrogen) atoms. The molecule has 0 aliphatic carbocycles. The van der Waals surface area contributed by atoms with Crippen LogP contribution < -0.4 is 0 Å². The van der Waals surface area contributed by atoms with E-state index in [-0.39, 0.29) is 11.6 Å². The van der Waals surface area contributed by atoms with Crippen LogP contribution >= 0.6 is 0 Å². The quantitative estimate of drug-likeness (QED) is 0.893. The maximum Gasteiger partial charge on any atom is 0.123 e. The van der Waals surface area contributed by atoms with Crippen LogP contribution in [0.15, 0.2) is 42.5 Å². The molecule has 1 unspecified atom stereocenters. The van der Waals surface area contributed by atoms with Gasteiger partial charge < -0.3 is 5.11 Å². The normalized spacial score (nSPS) is 14.2. The van der Waals surface area contributed by atoms with Crippen LogP contribution in [0.2, 0.25) is 0 Å². The number of aliphatic hydroxyl groups is 1. The first kappa shape index (κ1) is 13.7. The van der Waals surface area contributed by atoms with Crippen LogP contribution in [-0.2, 0) is 12.0 Å². The number of aryl methyl sites for hydroxylation is 1. The molecule has 0 heterocycles. The van der Waals surface area contributed by atoms with Crippen molar-refractivity contribution in [1.29, 1.82) is 0 Å². The van der Waals surface area contributed by atoms with Crippen molar-refractivity contribution in [2.75, 3.05) is 0 Å². The second kappa shape index (κ2) is 5.10. The van der Waals surface area contributed by atoms with Gasteiger partial charge in [0, 0.05) is 6.42 Å². The third kappa shape index (κ3) is 3.18. The summed E-state index contributed by atoms with van der Waals surface area (Å²) in [5.41, 5.74) is 1.09. The molecule has 0 amide bonds. The summed E-state index contributed by atoms with van der Waals surface area (Å²) >= 11 is 0. The van der Waals surface area contributed by atoms with Gasteiger partial charge >= 0.3 is 0 Å². The van der Waals surface area contributed by atoms with Crippen molar-refractivity contribution in [3.05, 3.63) is 70.8 Å². The zero-order valence-corrected chi connectivity index (χ0v) is 11.0. The predicted molar refractivity (Wildman–Crippen MR) is 70.8 cm³/mol. The van der Waals surface area contributed by atoms with Gasteiger partial charge in [0.15, 0.2) is 0 Å². The molecule has 0 aliphatic heterocycles. The van der Waals surface area contributed by atoms with Gasteiger partial charge in [-0.1, -0.05) is 18.2 Å². The second-order valence-electron chi connectivity index (χ2n) is 5.04. The lowest BCUT2D eigenvalue weighted by Crippen LogP contribution is -2.25. The fourth-order valence-corrected chi connectivity index (χ4v) is 2.33. The molecule has 0 saturated heterocycles. The molecule has 1 atom stereocenters. The van der Waals surface area contributed by atoms with Crippen LogP contribution in [0.25, 0.3) is 0 Å². The average Bonchev–Trinajstić information content (AvgIpc) is 2.31. The van der Waals surface area contributed by atoms with Crippen LogP contribution in [0.1, 0.15) is 23.6 Å². The number of hydrogen-bond acceptors (Lipinski definition) is 1. The zero-order valence-electron chi connectivity index (χ0n) is 11.0. The van der Waals surface area contributed by atoms with Gasteiger partial charge in [-0.3, -0.25) is 0 Å². The Morgan fingerprint density at radius 1 is 1.00 bits per heavy atom. The minimum absolute atomic E-state index is 0.304. The van der Waals surface area contributed by atoms with Crippen molar-refractivity contribution in [2.45, 2.75) is 25.9 Å². The number of benzene rings is 2. The standard InChI is InChI=1S/C16H16F2O/c1-11-9-14(18)7-8-15(11)16(2,19)10-12-3-5-13(17)6-4-12/h3-9,19H,10H2,1-2H3. The molecule has 0 spiro atoms.